The van der Waals surface area contributed by atoms with E-state index < -0.39 is 6.10 Å². The standard InChI is InChI=1S/C16H18ClFN4O/c17-13-15(19)20-9-21-16(13)22-7-5-11(6-8-22)14(23)10-1-3-12(18)4-2-10/h1-4,9,11,14,23H,5-8H2,(H2,19,20,21)/t14-/m0/s1. The Hall–Kier alpha value is -1.92. The zero-order valence-electron chi connectivity index (χ0n) is 12.5. The Morgan fingerprint density at radius 2 is 1.87 bits per heavy atom. The molecule has 1 aliphatic rings. The molecular formula is C16H18ClFN4O. The molecule has 122 valence electrons. The Morgan fingerprint density at radius 3 is 2.52 bits per heavy atom. The summed E-state index contributed by atoms with van der Waals surface area (Å²) in [5, 5.41) is 10.8. The van der Waals surface area contributed by atoms with Gasteiger partial charge in [0.1, 0.15) is 23.0 Å². The van der Waals surface area contributed by atoms with Gasteiger partial charge in [0.15, 0.2) is 5.82 Å². The molecule has 1 aromatic heterocycles. The number of nitrogens with zero attached hydrogens (tertiary/aromatic N) is 3. The van der Waals surface area contributed by atoms with Crippen LogP contribution in [0.1, 0.15) is 24.5 Å². The van der Waals surface area contributed by atoms with Crippen LogP contribution < -0.4 is 10.6 Å². The molecule has 1 aromatic carbocycles. The third-order valence-corrected chi connectivity index (χ3v) is 4.66. The molecule has 7 heteroatoms. The fourth-order valence-electron chi connectivity index (χ4n) is 2.95. The van der Waals surface area contributed by atoms with Crippen LogP contribution in [0.25, 0.3) is 0 Å². The van der Waals surface area contributed by atoms with Gasteiger partial charge in [-0.05, 0) is 36.5 Å². The van der Waals surface area contributed by atoms with Gasteiger partial charge < -0.3 is 15.7 Å². The first-order chi connectivity index (χ1) is 11.1. The van der Waals surface area contributed by atoms with E-state index in [1.807, 2.05) is 4.90 Å². The van der Waals surface area contributed by atoms with E-state index in [0.29, 0.717) is 10.8 Å². The minimum atomic E-state index is -0.594. The molecule has 0 aliphatic carbocycles. The van der Waals surface area contributed by atoms with Crippen LogP contribution in [-0.2, 0) is 0 Å². The SMILES string of the molecule is Nc1ncnc(N2CCC([C@@H](O)c3ccc(F)cc3)CC2)c1Cl. The first kappa shape index (κ1) is 16.0. The molecule has 2 heterocycles. The van der Waals surface area contributed by atoms with Gasteiger partial charge in [-0.3, -0.25) is 0 Å². The van der Waals surface area contributed by atoms with Crippen LogP contribution in [0.4, 0.5) is 16.0 Å². The molecule has 0 amide bonds. The quantitative estimate of drug-likeness (QED) is 0.901. The smallest absolute Gasteiger partial charge is 0.153 e. The van der Waals surface area contributed by atoms with E-state index in [2.05, 4.69) is 9.97 Å². The van der Waals surface area contributed by atoms with E-state index in [9.17, 15) is 9.50 Å². The van der Waals surface area contributed by atoms with Crippen molar-refractivity contribution in [3.8, 4) is 0 Å². The Bertz CT molecular complexity index is 674. The number of aromatic nitrogens is 2. The maximum atomic E-state index is 13.0. The highest BCUT2D eigenvalue weighted by atomic mass is 35.5. The molecule has 0 unspecified atom stereocenters. The molecule has 23 heavy (non-hydrogen) atoms. The summed E-state index contributed by atoms with van der Waals surface area (Å²) in [6, 6.07) is 6.01. The monoisotopic (exact) mass is 336 g/mol. The highest BCUT2D eigenvalue weighted by Gasteiger charge is 2.28. The van der Waals surface area contributed by atoms with Crippen LogP contribution in [0.3, 0.4) is 0 Å². The lowest BCUT2D eigenvalue weighted by Gasteiger charge is -2.35. The maximum Gasteiger partial charge on any atom is 0.153 e. The highest BCUT2D eigenvalue weighted by molar-refractivity contribution is 6.35. The van der Waals surface area contributed by atoms with Gasteiger partial charge in [-0.25, -0.2) is 14.4 Å². The number of hydrogen-bond acceptors (Lipinski definition) is 5. The Morgan fingerprint density at radius 1 is 1.22 bits per heavy atom. The molecule has 0 spiro atoms. The van der Waals surface area contributed by atoms with Gasteiger partial charge in [-0.1, -0.05) is 23.7 Å². The molecule has 2 aromatic rings. The summed E-state index contributed by atoms with van der Waals surface area (Å²) in [6.07, 6.45) is 2.39. The topological polar surface area (TPSA) is 75.3 Å². The summed E-state index contributed by atoms with van der Waals surface area (Å²) < 4.78 is 13.0. The van der Waals surface area contributed by atoms with Crippen LogP contribution in [0, 0.1) is 11.7 Å². The first-order valence-corrected chi connectivity index (χ1v) is 7.88. The minimum absolute atomic E-state index is 0.120. The van der Waals surface area contributed by atoms with E-state index in [0.717, 1.165) is 31.5 Å². The summed E-state index contributed by atoms with van der Waals surface area (Å²) in [5.41, 5.74) is 6.46. The Kier molecular flexibility index (Phi) is 4.63. The van der Waals surface area contributed by atoms with Gasteiger partial charge in [0, 0.05) is 13.1 Å². The van der Waals surface area contributed by atoms with E-state index in [1.54, 1.807) is 12.1 Å². The predicted molar refractivity (Wildman–Crippen MR) is 87.8 cm³/mol. The zero-order valence-corrected chi connectivity index (χ0v) is 13.2. The maximum absolute atomic E-state index is 13.0. The number of rotatable bonds is 3. The van der Waals surface area contributed by atoms with Crippen molar-refractivity contribution >= 4 is 23.2 Å². The lowest BCUT2D eigenvalue weighted by atomic mass is 9.87. The number of anilines is 2. The minimum Gasteiger partial charge on any atom is -0.388 e. The summed E-state index contributed by atoms with van der Waals surface area (Å²) in [7, 11) is 0. The molecule has 1 aliphatic heterocycles. The molecule has 0 bridgehead atoms. The van der Waals surface area contributed by atoms with Crippen LogP contribution in [-0.4, -0.2) is 28.2 Å². The molecule has 0 saturated carbocycles. The van der Waals surface area contributed by atoms with Crippen molar-refractivity contribution < 1.29 is 9.50 Å². The third kappa shape index (κ3) is 3.38. The summed E-state index contributed by atoms with van der Waals surface area (Å²) in [5.74, 6) is 0.723. The highest BCUT2D eigenvalue weighted by Crippen LogP contribution is 2.34. The molecule has 0 radical (unpaired) electrons. The molecule has 1 atom stereocenters. The van der Waals surface area contributed by atoms with Gasteiger partial charge >= 0.3 is 0 Å². The molecular weight excluding hydrogens is 319 g/mol. The first-order valence-electron chi connectivity index (χ1n) is 7.50. The molecule has 3 N–H and O–H groups in total. The Labute approximate surface area is 138 Å². The van der Waals surface area contributed by atoms with E-state index in [1.165, 1.54) is 18.5 Å². The van der Waals surface area contributed by atoms with E-state index in [4.69, 9.17) is 17.3 Å². The van der Waals surface area contributed by atoms with Gasteiger partial charge in [0.2, 0.25) is 0 Å². The molecule has 1 fully saturated rings. The normalized spacial score (nSPS) is 17.3. The van der Waals surface area contributed by atoms with E-state index in [-0.39, 0.29) is 17.6 Å². The number of benzene rings is 1. The second kappa shape index (κ2) is 6.68. The Balaban J connectivity index is 1.66. The van der Waals surface area contributed by atoms with Gasteiger partial charge in [-0.2, -0.15) is 0 Å². The van der Waals surface area contributed by atoms with Crippen LogP contribution in [0.15, 0.2) is 30.6 Å². The number of nitrogen functional groups attached to an aromatic ring is 1. The van der Waals surface area contributed by atoms with Crippen molar-refractivity contribution in [3.05, 3.63) is 47.0 Å². The number of aliphatic hydroxyl groups excluding tert-OH is 1. The number of hydrogen-bond donors (Lipinski definition) is 2. The van der Waals surface area contributed by atoms with Crippen LogP contribution >= 0.6 is 11.6 Å². The van der Waals surface area contributed by atoms with Gasteiger partial charge in [0.25, 0.3) is 0 Å². The van der Waals surface area contributed by atoms with Crippen molar-refractivity contribution in [3.63, 3.8) is 0 Å². The zero-order chi connectivity index (χ0) is 16.4. The fourth-order valence-corrected chi connectivity index (χ4v) is 3.17. The van der Waals surface area contributed by atoms with Crippen molar-refractivity contribution in [2.24, 2.45) is 5.92 Å². The molecule has 5 nitrogen and oxygen atoms in total. The molecule has 1 saturated heterocycles. The number of nitrogens with two attached hydrogens (primary N) is 1. The fraction of sp³-hybridized carbons (Fsp3) is 0.375. The van der Waals surface area contributed by atoms with Crippen molar-refractivity contribution in [1.29, 1.82) is 0 Å². The summed E-state index contributed by atoms with van der Waals surface area (Å²) in [4.78, 5) is 10.1. The van der Waals surface area contributed by atoms with Crippen molar-refractivity contribution in [1.82, 2.24) is 9.97 Å². The average molecular weight is 337 g/mol. The second-order valence-electron chi connectivity index (χ2n) is 5.72. The largest absolute Gasteiger partial charge is 0.388 e. The number of piperidine rings is 1. The van der Waals surface area contributed by atoms with Crippen molar-refractivity contribution in [2.45, 2.75) is 18.9 Å². The summed E-state index contributed by atoms with van der Waals surface area (Å²) in [6.45, 7) is 1.44. The van der Waals surface area contributed by atoms with Gasteiger partial charge in [-0.15, -0.1) is 0 Å². The van der Waals surface area contributed by atoms with Crippen molar-refractivity contribution in [2.75, 3.05) is 23.7 Å². The van der Waals surface area contributed by atoms with Crippen LogP contribution in [0.2, 0.25) is 5.02 Å². The second-order valence-corrected chi connectivity index (χ2v) is 6.10. The lowest BCUT2D eigenvalue weighted by Crippen LogP contribution is -2.36. The van der Waals surface area contributed by atoms with Crippen LogP contribution in [0.5, 0.6) is 0 Å². The van der Waals surface area contributed by atoms with Gasteiger partial charge in [0.05, 0.1) is 6.10 Å². The lowest BCUT2D eigenvalue weighted by molar-refractivity contribution is 0.0928. The average Bonchev–Trinajstić information content (AvgIpc) is 2.58. The van der Waals surface area contributed by atoms with E-state index >= 15 is 0 Å². The summed E-state index contributed by atoms with van der Waals surface area (Å²) >= 11 is 6.16. The number of aliphatic hydroxyl groups is 1. The number of halogens is 2. The predicted octanol–water partition coefficient (Wildman–Crippen LogP) is 2.80. The third-order valence-electron chi connectivity index (χ3n) is 4.30. The molecule has 3 rings (SSSR count).